The molecule has 0 aliphatic heterocycles. The molecule has 1 N–H and O–H groups in total. The second-order valence-corrected chi connectivity index (χ2v) is 5.52. The van der Waals surface area contributed by atoms with Gasteiger partial charge in [-0.1, -0.05) is 30.3 Å². The number of esters is 1. The molecule has 1 aromatic heterocycles. The van der Waals surface area contributed by atoms with E-state index in [0.29, 0.717) is 16.4 Å². The van der Waals surface area contributed by atoms with Crippen molar-refractivity contribution in [1.82, 2.24) is 4.98 Å². The van der Waals surface area contributed by atoms with Crippen LogP contribution >= 0.6 is 11.6 Å². The zero-order chi connectivity index (χ0) is 17.7. The Hall–Kier alpha value is -2.53. The molecule has 2 rings (SSSR count). The largest absolute Gasteiger partial charge is 0.496 e. The monoisotopic (exact) mass is 346 g/mol. The molecule has 1 atom stereocenters. The Labute approximate surface area is 146 Å². The number of pyridine rings is 1. The highest BCUT2D eigenvalue weighted by Gasteiger charge is 2.15. The van der Waals surface area contributed by atoms with Crippen LogP contribution in [0.3, 0.4) is 0 Å². The van der Waals surface area contributed by atoms with Gasteiger partial charge in [-0.05, 0) is 30.7 Å². The first-order valence-corrected chi connectivity index (χ1v) is 7.68. The second-order valence-electron chi connectivity index (χ2n) is 5.12. The van der Waals surface area contributed by atoms with Crippen molar-refractivity contribution in [3.63, 3.8) is 0 Å². The van der Waals surface area contributed by atoms with Crippen molar-refractivity contribution < 1.29 is 14.3 Å². The minimum absolute atomic E-state index is 0.117. The molecule has 0 saturated carbocycles. The van der Waals surface area contributed by atoms with Crippen molar-refractivity contribution in [2.75, 3.05) is 19.5 Å². The standard InChI is InChI=1S/C18H19ClN2O3/c1-5-12-6-7-16(23-3)14(8-12)11(2)21-17-15(19)9-13(10-20-17)18(22)24-4/h5-11H,1H2,2-4H3,(H,20,21). The normalized spacial score (nSPS) is 11.5. The molecule has 0 spiro atoms. The van der Waals surface area contributed by atoms with E-state index in [4.69, 9.17) is 16.3 Å². The summed E-state index contributed by atoms with van der Waals surface area (Å²) < 4.78 is 10.1. The van der Waals surface area contributed by atoms with Crippen LogP contribution in [0.5, 0.6) is 5.75 Å². The van der Waals surface area contributed by atoms with Crippen LogP contribution in [0.15, 0.2) is 37.0 Å². The number of ether oxygens (including phenoxy) is 2. The number of halogens is 1. The van der Waals surface area contributed by atoms with Crippen LogP contribution in [0.2, 0.25) is 5.02 Å². The topological polar surface area (TPSA) is 60.5 Å². The first-order valence-electron chi connectivity index (χ1n) is 7.31. The summed E-state index contributed by atoms with van der Waals surface area (Å²) in [5.41, 5.74) is 2.23. The Morgan fingerprint density at radius 2 is 2.12 bits per heavy atom. The van der Waals surface area contributed by atoms with Crippen LogP contribution < -0.4 is 10.1 Å². The van der Waals surface area contributed by atoms with Gasteiger partial charge in [0.25, 0.3) is 0 Å². The molecule has 126 valence electrons. The summed E-state index contributed by atoms with van der Waals surface area (Å²) in [4.78, 5) is 15.7. The van der Waals surface area contributed by atoms with E-state index in [2.05, 4.69) is 21.6 Å². The summed E-state index contributed by atoms with van der Waals surface area (Å²) in [6.07, 6.45) is 3.19. The molecule has 0 saturated heterocycles. The van der Waals surface area contributed by atoms with Gasteiger partial charge in [0.2, 0.25) is 0 Å². The van der Waals surface area contributed by atoms with Gasteiger partial charge in [0, 0.05) is 11.8 Å². The number of carbonyl (C=O) groups excluding carboxylic acids is 1. The highest BCUT2D eigenvalue weighted by Crippen LogP contribution is 2.31. The molecular formula is C18H19ClN2O3. The summed E-state index contributed by atoms with van der Waals surface area (Å²) in [7, 11) is 2.93. The average molecular weight is 347 g/mol. The SMILES string of the molecule is C=Cc1ccc(OC)c(C(C)Nc2ncc(C(=O)OC)cc2Cl)c1. The van der Waals surface area contributed by atoms with Gasteiger partial charge >= 0.3 is 5.97 Å². The Kier molecular flexibility index (Phi) is 5.82. The lowest BCUT2D eigenvalue weighted by Gasteiger charge is -2.19. The number of nitrogens with one attached hydrogen (secondary N) is 1. The Morgan fingerprint density at radius 3 is 2.71 bits per heavy atom. The van der Waals surface area contributed by atoms with Crippen molar-refractivity contribution in [2.24, 2.45) is 0 Å². The maximum atomic E-state index is 11.5. The van der Waals surface area contributed by atoms with Crippen LogP contribution in [-0.4, -0.2) is 25.2 Å². The molecule has 0 aliphatic rings. The summed E-state index contributed by atoms with van der Waals surface area (Å²) in [5, 5.41) is 3.56. The molecule has 24 heavy (non-hydrogen) atoms. The summed E-state index contributed by atoms with van der Waals surface area (Å²) >= 11 is 6.21. The van der Waals surface area contributed by atoms with Gasteiger partial charge in [0.1, 0.15) is 11.6 Å². The number of methoxy groups -OCH3 is 2. The Bertz CT molecular complexity index is 762. The predicted octanol–water partition coefficient (Wildman–Crippen LogP) is 4.35. The van der Waals surface area contributed by atoms with E-state index in [1.165, 1.54) is 19.4 Å². The van der Waals surface area contributed by atoms with E-state index in [9.17, 15) is 4.79 Å². The van der Waals surface area contributed by atoms with Crippen LogP contribution in [0.4, 0.5) is 5.82 Å². The van der Waals surface area contributed by atoms with E-state index in [1.807, 2.05) is 25.1 Å². The summed E-state index contributed by atoms with van der Waals surface area (Å²) in [6, 6.07) is 7.21. The molecule has 5 nitrogen and oxygen atoms in total. The molecule has 0 aliphatic carbocycles. The number of rotatable bonds is 6. The molecule has 1 unspecified atom stereocenters. The number of nitrogens with zero attached hydrogens (tertiary/aromatic N) is 1. The third-order valence-electron chi connectivity index (χ3n) is 3.57. The average Bonchev–Trinajstić information content (AvgIpc) is 2.61. The highest BCUT2D eigenvalue weighted by molar-refractivity contribution is 6.33. The lowest BCUT2D eigenvalue weighted by molar-refractivity contribution is 0.0600. The van der Waals surface area contributed by atoms with Crippen LogP contribution in [0, 0.1) is 0 Å². The van der Waals surface area contributed by atoms with Gasteiger partial charge in [-0.25, -0.2) is 9.78 Å². The van der Waals surface area contributed by atoms with Crippen molar-refractivity contribution in [2.45, 2.75) is 13.0 Å². The molecule has 0 bridgehead atoms. The minimum Gasteiger partial charge on any atom is -0.496 e. The number of benzene rings is 1. The Morgan fingerprint density at radius 1 is 1.38 bits per heavy atom. The summed E-state index contributed by atoms with van der Waals surface area (Å²) in [5.74, 6) is 0.745. The van der Waals surface area contributed by atoms with Gasteiger partial charge < -0.3 is 14.8 Å². The third kappa shape index (κ3) is 3.86. The molecular weight excluding hydrogens is 328 g/mol. The molecule has 1 heterocycles. The second kappa shape index (κ2) is 7.84. The van der Waals surface area contributed by atoms with Crippen LogP contribution in [0.25, 0.3) is 6.08 Å². The minimum atomic E-state index is -0.482. The predicted molar refractivity (Wildman–Crippen MR) is 95.7 cm³/mol. The van der Waals surface area contributed by atoms with E-state index in [0.717, 1.165) is 16.9 Å². The number of aromatic nitrogens is 1. The smallest absolute Gasteiger partial charge is 0.339 e. The van der Waals surface area contributed by atoms with Crippen molar-refractivity contribution in [3.05, 3.63) is 58.8 Å². The number of anilines is 1. The molecule has 1 aromatic carbocycles. The lowest BCUT2D eigenvalue weighted by atomic mass is 10.0. The van der Waals surface area contributed by atoms with Crippen molar-refractivity contribution in [3.8, 4) is 5.75 Å². The number of hydrogen-bond acceptors (Lipinski definition) is 5. The molecule has 0 fully saturated rings. The fraction of sp³-hybridized carbons (Fsp3) is 0.222. The zero-order valence-electron chi connectivity index (χ0n) is 13.8. The molecule has 2 aromatic rings. The van der Waals surface area contributed by atoms with E-state index in [1.54, 1.807) is 13.2 Å². The lowest BCUT2D eigenvalue weighted by Crippen LogP contribution is -2.11. The highest BCUT2D eigenvalue weighted by atomic mass is 35.5. The fourth-order valence-corrected chi connectivity index (χ4v) is 2.50. The van der Waals surface area contributed by atoms with Gasteiger partial charge in [-0.15, -0.1) is 0 Å². The number of carbonyl (C=O) groups is 1. The van der Waals surface area contributed by atoms with E-state index in [-0.39, 0.29) is 6.04 Å². The van der Waals surface area contributed by atoms with Crippen LogP contribution in [0.1, 0.15) is 34.5 Å². The van der Waals surface area contributed by atoms with E-state index < -0.39 is 5.97 Å². The maximum absolute atomic E-state index is 11.5. The number of hydrogen-bond donors (Lipinski definition) is 1. The zero-order valence-corrected chi connectivity index (χ0v) is 14.6. The van der Waals surface area contributed by atoms with Crippen molar-refractivity contribution in [1.29, 1.82) is 0 Å². The van der Waals surface area contributed by atoms with E-state index >= 15 is 0 Å². The third-order valence-corrected chi connectivity index (χ3v) is 3.86. The Balaban J connectivity index is 2.28. The molecule has 6 heteroatoms. The van der Waals surface area contributed by atoms with Gasteiger partial charge in [0.15, 0.2) is 0 Å². The van der Waals surface area contributed by atoms with Gasteiger partial charge in [-0.3, -0.25) is 0 Å². The van der Waals surface area contributed by atoms with Gasteiger partial charge in [-0.2, -0.15) is 0 Å². The van der Waals surface area contributed by atoms with Crippen LogP contribution in [-0.2, 0) is 4.74 Å². The maximum Gasteiger partial charge on any atom is 0.339 e. The molecule has 0 radical (unpaired) electrons. The first kappa shape index (κ1) is 17.8. The summed E-state index contributed by atoms with van der Waals surface area (Å²) in [6.45, 7) is 5.75. The van der Waals surface area contributed by atoms with Crippen molar-refractivity contribution >= 4 is 29.5 Å². The molecule has 0 amide bonds. The van der Waals surface area contributed by atoms with Gasteiger partial charge in [0.05, 0.1) is 30.8 Å². The fourth-order valence-electron chi connectivity index (χ4n) is 2.27. The first-order chi connectivity index (χ1) is 11.5. The quantitative estimate of drug-likeness (QED) is 0.788.